The first-order valence-corrected chi connectivity index (χ1v) is 17.2. The van der Waals surface area contributed by atoms with E-state index in [1.165, 1.54) is 31.4 Å². The second-order valence-electron chi connectivity index (χ2n) is 14.2. The molecule has 9 nitrogen and oxygen atoms in total. The van der Waals surface area contributed by atoms with Crippen LogP contribution >= 0.6 is 0 Å². The number of carbonyl (C=O) groups is 1. The van der Waals surface area contributed by atoms with Crippen LogP contribution in [0.2, 0.25) is 0 Å². The van der Waals surface area contributed by atoms with Crippen LogP contribution in [0, 0.1) is 18.6 Å². The van der Waals surface area contributed by atoms with Gasteiger partial charge in [-0.05, 0) is 84.7 Å². The lowest BCUT2D eigenvalue weighted by Gasteiger charge is -2.41. The van der Waals surface area contributed by atoms with E-state index < -0.39 is 29.3 Å². The number of piperidine rings is 1. The maximum Gasteiger partial charge on any atom is 0.339 e. The first-order valence-electron chi connectivity index (χ1n) is 17.2. The summed E-state index contributed by atoms with van der Waals surface area (Å²) < 4.78 is 55.4. The molecule has 2 aromatic carbocycles. The van der Waals surface area contributed by atoms with E-state index in [0.717, 1.165) is 12.8 Å². The van der Waals surface area contributed by atoms with Crippen LogP contribution in [-0.4, -0.2) is 64.7 Å². The van der Waals surface area contributed by atoms with Gasteiger partial charge in [-0.2, -0.15) is 9.61 Å². The zero-order chi connectivity index (χ0) is 37.1. The Labute approximate surface area is 298 Å². The van der Waals surface area contributed by atoms with E-state index in [1.54, 1.807) is 28.8 Å². The molecule has 5 rings (SSSR count). The van der Waals surface area contributed by atoms with Gasteiger partial charge in [-0.1, -0.05) is 12.2 Å². The summed E-state index contributed by atoms with van der Waals surface area (Å²) in [5.41, 5.74) is 2.40. The van der Waals surface area contributed by atoms with Crippen molar-refractivity contribution in [2.45, 2.75) is 84.2 Å². The fourth-order valence-electron chi connectivity index (χ4n) is 6.36. The number of anilines is 1. The van der Waals surface area contributed by atoms with Gasteiger partial charge in [0.15, 0.2) is 11.8 Å². The van der Waals surface area contributed by atoms with Gasteiger partial charge in [0.1, 0.15) is 23.2 Å². The van der Waals surface area contributed by atoms with E-state index in [9.17, 15) is 9.18 Å². The number of halogens is 2. The Morgan fingerprint density at radius 1 is 1.06 bits per heavy atom. The molecule has 0 saturated carbocycles. The summed E-state index contributed by atoms with van der Waals surface area (Å²) >= 11 is 0. The molecule has 4 aromatic rings. The van der Waals surface area contributed by atoms with Gasteiger partial charge >= 0.3 is 5.97 Å². The SMILES string of the molecule is C=CCOC1(C)CCN(c2c(C(OC(C)(C)C)C(=O)OC)c(C)nc3cc(-c4ccc(F)c(-c5ccc(F)cc5OC(C)CC=C)c4)nn23)CC1. The Bertz CT molecular complexity index is 1910. The quantitative estimate of drug-likeness (QED) is 0.101. The van der Waals surface area contributed by atoms with Crippen LogP contribution in [0.4, 0.5) is 14.6 Å². The molecule has 2 unspecified atom stereocenters. The van der Waals surface area contributed by atoms with Crippen molar-refractivity contribution in [3.8, 4) is 28.1 Å². The van der Waals surface area contributed by atoms with Crippen molar-refractivity contribution in [2.75, 3.05) is 31.7 Å². The van der Waals surface area contributed by atoms with Crippen LogP contribution in [0.1, 0.15) is 71.2 Å². The third-order valence-electron chi connectivity index (χ3n) is 8.95. The number of hydrogen-bond acceptors (Lipinski definition) is 8. The molecule has 2 aromatic heterocycles. The number of aryl methyl sites for hydroxylation is 1. The second-order valence-corrected chi connectivity index (χ2v) is 14.2. The minimum absolute atomic E-state index is 0.224. The summed E-state index contributed by atoms with van der Waals surface area (Å²) in [6.45, 7) is 20.6. The maximum absolute atomic E-state index is 15.5. The van der Waals surface area contributed by atoms with Crippen LogP contribution in [0.25, 0.3) is 28.0 Å². The molecule has 0 radical (unpaired) electrons. The van der Waals surface area contributed by atoms with Crippen molar-refractivity contribution >= 4 is 17.4 Å². The maximum atomic E-state index is 15.5. The van der Waals surface area contributed by atoms with Crippen molar-refractivity contribution in [2.24, 2.45) is 0 Å². The molecule has 11 heteroatoms. The number of esters is 1. The topological polar surface area (TPSA) is 87.4 Å². The number of carbonyl (C=O) groups excluding carboxylic acids is 1. The van der Waals surface area contributed by atoms with Crippen molar-refractivity contribution in [1.82, 2.24) is 14.6 Å². The van der Waals surface area contributed by atoms with Crippen molar-refractivity contribution < 1.29 is 32.5 Å². The Hall–Kier alpha value is -4.61. The van der Waals surface area contributed by atoms with Crippen molar-refractivity contribution in [3.05, 3.63) is 90.7 Å². The summed E-state index contributed by atoms with van der Waals surface area (Å²) in [6.07, 6.45) is 4.04. The molecule has 0 bridgehead atoms. The summed E-state index contributed by atoms with van der Waals surface area (Å²) in [7, 11) is 1.33. The average molecular weight is 703 g/mol. The fraction of sp³-hybridized carbons (Fsp3) is 0.425. The minimum Gasteiger partial charge on any atom is -0.490 e. The molecule has 0 amide bonds. The van der Waals surface area contributed by atoms with E-state index in [0.29, 0.717) is 65.7 Å². The molecule has 2 atom stereocenters. The number of aromatic nitrogens is 3. The first-order chi connectivity index (χ1) is 24.2. The van der Waals surface area contributed by atoms with Crippen molar-refractivity contribution in [3.63, 3.8) is 0 Å². The van der Waals surface area contributed by atoms with Gasteiger partial charge < -0.3 is 23.8 Å². The lowest BCUT2D eigenvalue weighted by atomic mass is 9.92. The van der Waals surface area contributed by atoms with Crippen LogP contribution in [0.3, 0.4) is 0 Å². The lowest BCUT2D eigenvalue weighted by molar-refractivity contribution is -0.164. The minimum atomic E-state index is -1.09. The highest BCUT2D eigenvalue weighted by Gasteiger charge is 2.38. The predicted molar refractivity (Wildman–Crippen MR) is 195 cm³/mol. The largest absolute Gasteiger partial charge is 0.490 e. The molecule has 0 aliphatic carbocycles. The number of rotatable bonds is 13. The number of benzene rings is 2. The van der Waals surface area contributed by atoms with Gasteiger partial charge in [0.2, 0.25) is 0 Å². The molecule has 1 aliphatic rings. The molecule has 1 saturated heterocycles. The monoisotopic (exact) mass is 702 g/mol. The number of nitrogens with zero attached hydrogens (tertiary/aromatic N) is 4. The van der Waals surface area contributed by atoms with Gasteiger partial charge in [0, 0.05) is 54.0 Å². The molecule has 3 heterocycles. The Kier molecular flexibility index (Phi) is 11.3. The second kappa shape index (κ2) is 15.3. The van der Waals surface area contributed by atoms with Gasteiger partial charge in [-0.15, -0.1) is 13.2 Å². The van der Waals surface area contributed by atoms with E-state index >= 15 is 4.39 Å². The Morgan fingerprint density at radius 3 is 2.43 bits per heavy atom. The smallest absolute Gasteiger partial charge is 0.339 e. The molecule has 1 fully saturated rings. The van der Waals surface area contributed by atoms with E-state index in [4.69, 9.17) is 29.0 Å². The molecule has 1 aliphatic heterocycles. The highest BCUT2D eigenvalue weighted by atomic mass is 19.1. The van der Waals surface area contributed by atoms with E-state index in [2.05, 4.69) is 25.0 Å². The van der Waals surface area contributed by atoms with Gasteiger partial charge in [-0.25, -0.2) is 18.6 Å². The molecule has 51 heavy (non-hydrogen) atoms. The van der Waals surface area contributed by atoms with Crippen molar-refractivity contribution in [1.29, 1.82) is 0 Å². The summed E-state index contributed by atoms with van der Waals surface area (Å²) in [4.78, 5) is 20.5. The first kappa shape index (κ1) is 37.6. The van der Waals surface area contributed by atoms with Crippen LogP contribution in [0.5, 0.6) is 5.75 Å². The van der Waals surface area contributed by atoms with Crippen LogP contribution in [0.15, 0.2) is 67.8 Å². The summed E-state index contributed by atoms with van der Waals surface area (Å²) in [5.74, 6) is -0.667. The van der Waals surface area contributed by atoms with E-state index in [1.807, 2.05) is 40.7 Å². The standard InChI is InChI=1S/C40H48F2N4O5/c1-10-12-25(3)50-33-23-28(41)14-15-29(33)30-22-27(13-16-31(30)42)32-24-34-43-26(4)35(36(38(47)48-9)51-39(5,6)7)37(46(34)44-32)45-19-17-40(8,18-20-45)49-21-11-2/h10-11,13-16,22-25,36H,1-2,12,17-21H2,3-9H3. The van der Waals surface area contributed by atoms with Gasteiger partial charge in [0.25, 0.3) is 0 Å². The third-order valence-corrected chi connectivity index (χ3v) is 8.95. The Morgan fingerprint density at radius 2 is 1.78 bits per heavy atom. The summed E-state index contributed by atoms with van der Waals surface area (Å²) in [6, 6.07) is 10.5. The molecule has 272 valence electrons. The highest BCUT2D eigenvalue weighted by molar-refractivity contribution is 5.81. The molecule has 0 spiro atoms. The lowest BCUT2D eigenvalue weighted by Crippen LogP contribution is -2.45. The molecular formula is C40H48F2N4O5. The average Bonchev–Trinajstić information content (AvgIpc) is 3.50. The number of ether oxygens (including phenoxy) is 4. The predicted octanol–water partition coefficient (Wildman–Crippen LogP) is 8.58. The van der Waals surface area contributed by atoms with Gasteiger partial charge in [-0.3, -0.25) is 0 Å². The normalized spacial score (nSPS) is 15.7. The van der Waals surface area contributed by atoms with Gasteiger partial charge in [0.05, 0.1) is 42.3 Å². The fourth-order valence-corrected chi connectivity index (χ4v) is 6.36. The highest BCUT2D eigenvalue weighted by Crippen LogP contribution is 2.40. The summed E-state index contributed by atoms with van der Waals surface area (Å²) in [5, 5.41) is 5.02. The number of methoxy groups -OCH3 is 1. The zero-order valence-electron chi connectivity index (χ0n) is 30.6. The zero-order valence-corrected chi connectivity index (χ0v) is 30.6. The Balaban J connectivity index is 1.66. The number of hydrogen-bond donors (Lipinski definition) is 0. The van der Waals surface area contributed by atoms with E-state index in [-0.39, 0.29) is 23.0 Å². The number of fused-ring (bicyclic) bond motifs is 1. The molecule has 0 N–H and O–H groups in total. The molecular weight excluding hydrogens is 654 g/mol. The third kappa shape index (κ3) is 8.48. The van der Waals surface area contributed by atoms with Crippen LogP contribution < -0.4 is 9.64 Å². The van der Waals surface area contributed by atoms with Crippen LogP contribution in [-0.2, 0) is 19.0 Å².